The maximum absolute atomic E-state index is 8.80. The molecule has 0 amide bonds. The molecule has 0 atom stereocenters. The number of aryl methyl sites for hydroxylation is 1. The van der Waals surface area contributed by atoms with Crippen LogP contribution in [0, 0.1) is 5.92 Å². The van der Waals surface area contributed by atoms with Crippen LogP contribution in [0.5, 0.6) is 0 Å². The maximum Gasteiger partial charge on any atom is 0.0525 e. The summed E-state index contributed by atoms with van der Waals surface area (Å²) in [5.41, 5.74) is 2.70. The quantitative estimate of drug-likeness (QED) is 0.499. The number of allylic oxidation sites excluding steroid dienone is 1. The lowest BCUT2D eigenvalue weighted by molar-refractivity contribution is 0.289. The molecule has 0 unspecified atom stereocenters. The van der Waals surface area contributed by atoms with Crippen LogP contribution in [0.25, 0.3) is 6.08 Å². The van der Waals surface area contributed by atoms with E-state index in [1.54, 1.807) is 11.8 Å². The molecule has 136 valence electrons. The van der Waals surface area contributed by atoms with Crippen molar-refractivity contribution in [1.82, 2.24) is 0 Å². The van der Waals surface area contributed by atoms with Crippen molar-refractivity contribution in [1.29, 1.82) is 0 Å². The monoisotopic (exact) mass is 348 g/mol. The highest BCUT2D eigenvalue weighted by atomic mass is 32.2. The van der Waals surface area contributed by atoms with E-state index in [-0.39, 0.29) is 6.61 Å². The summed E-state index contributed by atoms with van der Waals surface area (Å²) in [6, 6.07) is 6.54. The Labute approximate surface area is 153 Å². The van der Waals surface area contributed by atoms with Crippen LogP contribution in [-0.4, -0.2) is 17.5 Å². The summed E-state index contributed by atoms with van der Waals surface area (Å²) >= 11 is 1.70. The predicted octanol–water partition coefficient (Wildman–Crippen LogP) is 6.73. The molecule has 0 spiro atoms. The first-order chi connectivity index (χ1) is 11.7. The number of rotatable bonds is 9. The van der Waals surface area contributed by atoms with Crippen LogP contribution in [0.1, 0.15) is 76.8 Å². The first kappa shape index (κ1) is 21.3. The zero-order valence-corrected chi connectivity index (χ0v) is 16.7. The van der Waals surface area contributed by atoms with Crippen molar-refractivity contribution >= 4 is 17.8 Å². The Morgan fingerprint density at radius 3 is 2.54 bits per heavy atom. The van der Waals surface area contributed by atoms with Gasteiger partial charge in [0.05, 0.1) is 6.61 Å². The first-order valence-corrected chi connectivity index (χ1v) is 10.8. The van der Waals surface area contributed by atoms with E-state index in [2.05, 4.69) is 51.1 Å². The van der Waals surface area contributed by atoms with Gasteiger partial charge in [0.25, 0.3) is 0 Å². The summed E-state index contributed by atoms with van der Waals surface area (Å²) in [6.07, 6.45) is 15.4. The topological polar surface area (TPSA) is 20.2 Å². The Bertz CT molecular complexity index is 463. The standard InChI is InChI=1S/C14H20OS.C8H16/c1-3-5-6-13-11-14(16-10-9-15)8-7-12(13)4-2;1-2-3-5-8-6-4-7-8/h5-8,11,15H,3-4,9-10H2,1-2H3;8H,2-7H2,1H3/b6-5-;. The van der Waals surface area contributed by atoms with Crippen molar-refractivity contribution in [2.75, 3.05) is 12.4 Å². The van der Waals surface area contributed by atoms with Crippen molar-refractivity contribution < 1.29 is 5.11 Å². The van der Waals surface area contributed by atoms with Crippen molar-refractivity contribution in [3.05, 3.63) is 35.4 Å². The van der Waals surface area contributed by atoms with Crippen LogP contribution in [0.3, 0.4) is 0 Å². The van der Waals surface area contributed by atoms with Gasteiger partial charge in [0.1, 0.15) is 0 Å². The minimum Gasteiger partial charge on any atom is -0.396 e. The van der Waals surface area contributed by atoms with Crippen LogP contribution in [0.15, 0.2) is 29.2 Å². The molecule has 1 saturated carbocycles. The van der Waals surface area contributed by atoms with E-state index in [1.165, 1.54) is 54.5 Å². The summed E-state index contributed by atoms with van der Waals surface area (Å²) in [5.74, 6) is 1.90. The third-order valence-corrected chi connectivity index (χ3v) is 5.56. The molecule has 1 nitrogen and oxygen atoms in total. The fourth-order valence-electron chi connectivity index (χ4n) is 2.82. The summed E-state index contributed by atoms with van der Waals surface area (Å²) in [5, 5.41) is 8.80. The fourth-order valence-corrected chi connectivity index (χ4v) is 3.52. The van der Waals surface area contributed by atoms with Gasteiger partial charge in [-0.1, -0.05) is 77.5 Å². The van der Waals surface area contributed by atoms with Crippen LogP contribution in [0.4, 0.5) is 0 Å². The van der Waals surface area contributed by atoms with E-state index >= 15 is 0 Å². The molecule has 1 fully saturated rings. The number of hydrogen-bond acceptors (Lipinski definition) is 2. The summed E-state index contributed by atoms with van der Waals surface area (Å²) in [6.45, 7) is 6.84. The van der Waals surface area contributed by atoms with E-state index in [9.17, 15) is 0 Å². The molecule has 1 N–H and O–H groups in total. The van der Waals surface area contributed by atoms with Gasteiger partial charge in [0, 0.05) is 10.6 Å². The highest BCUT2D eigenvalue weighted by molar-refractivity contribution is 7.99. The minimum absolute atomic E-state index is 0.236. The highest BCUT2D eigenvalue weighted by Crippen LogP contribution is 2.30. The average Bonchev–Trinajstić information content (AvgIpc) is 2.57. The van der Waals surface area contributed by atoms with Gasteiger partial charge in [-0.25, -0.2) is 0 Å². The third kappa shape index (κ3) is 8.39. The lowest BCUT2D eigenvalue weighted by Crippen LogP contribution is -2.09. The largest absolute Gasteiger partial charge is 0.396 e. The smallest absolute Gasteiger partial charge is 0.0525 e. The Hall–Kier alpha value is -0.730. The van der Waals surface area contributed by atoms with Gasteiger partial charge in [-0.2, -0.15) is 0 Å². The van der Waals surface area contributed by atoms with Gasteiger partial charge in [0.2, 0.25) is 0 Å². The van der Waals surface area contributed by atoms with Gasteiger partial charge in [-0.05, 0) is 42.0 Å². The lowest BCUT2D eigenvalue weighted by Gasteiger charge is -2.24. The summed E-state index contributed by atoms with van der Waals surface area (Å²) in [4.78, 5) is 1.24. The molecule has 0 heterocycles. The fraction of sp³-hybridized carbons (Fsp3) is 0.636. The molecule has 0 aromatic heterocycles. The number of aliphatic hydroxyl groups is 1. The molecule has 1 aliphatic carbocycles. The Morgan fingerprint density at radius 1 is 1.21 bits per heavy atom. The van der Waals surface area contributed by atoms with E-state index < -0.39 is 0 Å². The third-order valence-electron chi connectivity index (χ3n) is 4.58. The Balaban J connectivity index is 0.000000300. The van der Waals surface area contributed by atoms with Gasteiger partial charge in [-0.3, -0.25) is 0 Å². The number of benzene rings is 1. The molecule has 0 aliphatic heterocycles. The molecule has 1 aliphatic rings. The Morgan fingerprint density at radius 2 is 2.00 bits per heavy atom. The minimum atomic E-state index is 0.236. The molecule has 1 aromatic carbocycles. The number of hydrogen-bond donors (Lipinski definition) is 1. The van der Waals surface area contributed by atoms with Crippen LogP contribution in [0.2, 0.25) is 0 Å². The average molecular weight is 349 g/mol. The van der Waals surface area contributed by atoms with Crippen LogP contribution < -0.4 is 0 Å². The zero-order chi connectivity index (χ0) is 17.6. The summed E-state index contributed by atoms with van der Waals surface area (Å²) in [7, 11) is 0. The number of aliphatic hydroxyl groups excluding tert-OH is 1. The van der Waals surface area contributed by atoms with Crippen LogP contribution >= 0.6 is 11.8 Å². The van der Waals surface area contributed by atoms with Gasteiger partial charge in [-0.15, -0.1) is 11.8 Å². The maximum atomic E-state index is 8.80. The zero-order valence-electron chi connectivity index (χ0n) is 15.9. The van der Waals surface area contributed by atoms with E-state index in [1.807, 2.05) is 0 Å². The predicted molar refractivity (Wildman–Crippen MR) is 110 cm³/mol. The van der Waals surface area contributed by atoms with Gasteiger partial charge in [0.15, 0.2) is 0 Å². The second-order valence-electron chi connectivity index (χ2n) is 6.54. The van der Waals surface area contributed by atoms with E-state index in [0.717, 1.165) is 24.5 Å². The molecule has 24 heavy (non-hydrogen) atoms. The summed E-state index contributed by atoms with van der Waals surface area (Å²) < 4.78 is 0. The highest BCUT2D eigenvalue weighted by Gasteiger charge is 2.15. The normalized spacial score (nSPS) is 14.3. The molecule has 0 saturated heterocycles. The van der Waals surface area contributed by atoms with Crippen LogP contribution in [-0.2, 0) is 6.42 Å². The van der Waals surface area contributed by atoms with Gasteiger partial charge < -0.3 is 5.11 Å². The van der Waals surface area contributed by atoms with E-state index in [0.29, 0.717) is 0 Å². The molecule has 1 aromatic rings. The molecule has 2 rings (SSSR count). The lowest BCUT2D eigenvalue weighted by atomic mass is 9.82. The second kappa shape index (κ2) is 13.5. The number of unbranched alkanes of at least 4 members (excludes halogenated alkanes) is 1. The molecule has 0 radical (unpaired) electrons. The SMILES string of the molecule is CC/C=C\c1cc(SCCO)ccc1CC.CCCCC1CCC1. The van der Waals surface area contributed by atoms with Crippen molar-refractivity contribution in [2.24, 2.45) is 5.92 Å². The molecular weight excluding hydrogens is 312 g/mol. The second-order valence-corrected chi connectivity index (χ2v) is 7.70. The van der Waals surface area contributed by atoms with Crippen molar-refractivity contribution in [3.63, 3.8) is 0 Å². The van der Waals surface area contributed by atoms with Gasteiger partial charge >= 0.3 is 0 Å². The van der Waals surface area contributed by atoms with Crippen molar-refractivity contribution in [3.8, 4) is 0 Å². The molecule has 2 heteroatoms. The van der Waals surface area contributed by atoms with Crippen molar-refractivity contribution in [2.45, 2.75) is 77.0 Å². The molecular formula is C22H36OS. The van der Waals surface area contributed by atoms with E-state index in [4.69, 9.17) is 5.11 Å². The number of thioether (sulfide) groups is 1. The first-order valence-electron chi connectivity index (χ1n) is 9.78. The Kier molecular flexibility index (Phi) is 12.0. The molecule has 0 bridgehead atoms.